The summed E-state index contributed by atoms with van der Waals surface area (Å²) in [6.07, 6.45) is 1.26. The van der Waals surface area contributed by atoms with Gasteiger partial charge in [0, 0.05) is 31.2 Å². The highest BCUT2D eigenvalue weighted by Gasteiger charge is 2.34. The Balaban J connectivity index is 1.68. The van der Waals surface area contributed by atoms with Crippen LogP contribution in [-0.2, 0) is 4.79 Å². The number of hydrogen-bond donors (Lipinski definition) is 3. The smallest absolute Gasteiger partial charge is 0.317 e. The summed E-state index contributed by atoms with van der Waals surface area (Å²) in [6, 6.07) is 4.27. The summed E-state index contributed by atoms with van der Waals surface area (Å²) in [4.78, 5) is 40.0. The first-order chi connectivity index (χ1) is 15.2. The maximum absolute atomic E-state index is 13.0. The van der Waals surface area contributed by atoms with Crippen molar-refractivity contribution in [1.29, 1.82) is 0 Å². The molecular formula is C23H34N4O5. The third-order valence-electron chi connectivity index (χ3n) is 5.60. The Hall–Kier alpha value is -2.97. The van der Waals surface area contributed by atoms with E-state index in [1.165, 1.54) is 0 Å². The van der Waals surface area contributed by atoms with Gasteiger partial charge >= 0.3 is 6.03 Å². The Morgan fingerprint density at radius 1 is 1.03 bits per heavy atom. The number of likely N-dealkylation sites (tertiary alicyclic amines) is 1. The maximum atomic E-state index is 13.0. The van der Waals surface area contributed by atoms with E-state index in [0.717, 1.165) is 0 Å². The van der Waals surface area contributed by atoms with Crippen molar-refractivity contribution >= 4 is 17.8 Å². The minimum absolute atomic E-state index is 0.0655. The Morgan fingerprint density at radius 2 is 1.72 bits per heavy atom. The van der Waals surface area contributed by atoms with Crippen LogP contribution in [-0.4, -0.2) is 61.3 Å². The van der Waals surface area contributed by atoms with Crippen LogP contribution < -0.4 is 25.4 Å². The van der Waals surface area contributed by atoms with Gasteiger partial charge in [-0.25, -0.2) is 4.79 Å². The number of amides is 4. The summed E-state index contributed by atoms with van der Waals surface area (Å²) in [6.45, 7) is 9.62. The van der Waals surface area contributed by atoms with E-state index in [0.29, 0.717) is 55.5 Å². The van der Waals surface area contributed by atoms with Crippen LogP contribution in [0.25, 0.3) is 0 Å². The molecule has 0 aliphatic carbocycles. The third-order valence-corrected chi connectivity index (χ3v) is 5.60. The molecule has 0 aromatic heterocycles. The molecule has 1 fully saturated rings. The fourth-order valence-electron chi connectivity index (χ4n) is 3.85. The monoisotopic (exact) mass is 446 g/mol. The molecule has 1 atom stereocenters. The zero-order valence-electron chi connectivity index (χ0n) is 19.3. The van der Waals surface area contributed by atoms with E-state index in [1.54, 1.807) is 23.1 Å². The quantitative estimate of drug-likeness (QED) is 0.594. The lowest BCUT2D eigenvalue weighted by molar-refractivity contribution is -0.124. The number of ether oxygens (including phenoxy) is 2. The van der Waals surface area contributed by atoms with Crippen LogP contribution in [0.15, 0.2) is 18.2 Å². The molecule has 9 nitrogen and oxygen atoms in total. The first-order valence-electron chi connectivity index (χ1n) is 11.3. The fraction of sp³-hybridized carbons (Fsp3) is 0.609. The Morgan fingerprint density at radius 3 is 2.38 bits per heavy atom. The van der Waals surface area contributed by atoms with Gasteiger partial charge in [0.1, 0.15) is 6.04 Å². The number of hydrogen-bond acceptors (Lipinski definition) is 5. The molecule has 3 N–H and O–H groups in total. The second-order valence-electron chi connectivity index (χ2n) is 9.09. The lowest BCUT2D eigenvalue weighted by atomic mass is 9.88. The highest BCUT2D eigenvalue weighted by molar-refractivity contribution is 5.98. The van der Waals surface area contributed by atoms with Gasteiger partial charge in [-0.3, -0.25) is 9.59 Å². The minimum atomic E-state index is -0.679. The van der Waals surface area contributed by atoms with Gasteiger partial charge in [-0.05, 0) is 56.7 Å². The lowest BCUT2D eigenvalue weighted by Crippen LogP contribution is -2.55. The van der Waals surface area contributed by atoms with E-state index in [4.69, 9.17) is 9.47 Å². The molecule has 0 spiro atoms. The van der Waals surface area contributed by atoms with Crippen molar-refractivity contribution in [2.24, 2.45) is 11.8 Å². The molecule has 0 saturated carbocycles. The molecule has 4 amide bonds. The van der Waals surface area contributed by atoms with E-state index < -0.39 is 6.04 Å². The molecule has 2 aliphatic heterocycles. The average Bonchev–Trinajstić information content (AvgIpc) is 3.23. The number of rotatable bonds is 7. The van der Waals surface area contributed by atoms with Crippen molar-refractivity contribution in [3.8, 4) is 11.5 Å². The minimum Gasteiger partial charge on any atom is -0.454 e. The van der Waals surface area contributed by atoms with Crippen LogP contribution in [0.3, 0.4) is 0 Å². The molecule has 1 aromatic carbocycles. The van der Waals surface area contributed by atoms with Crippen LogP contribution in [0, 0.1) is 11.8 Å². The second-order valence-corrected chi connectivity index (χ2v) is 9.09. The lowest BCUT2D eigenvalue weighted by Gasteiger charge is -2.36. The molecule has 0 bridgehead atoms. The Kier molecular flexibility index (Phi) is 7.82. The number of nitrogens with one attached hydrogen (secondary N) is 3. The molecule has 0 radical (unpaired) electrons. The van der Waals surface area contributed by atoms with Crippen LogP contribution >= 0.6 is 0 Å². The van der Waals surface area contributed by atoms with Crippen molar-refractivity contribution in [2.75, 3.05) is 26.4 Å². The van der Waals surface area contributed by atoms with Gasteiger partial charge in [-0.2, -0.15) is 0 Å². The first kappa shape index (κ1) is 23.7. The highest BCUT2D eigenvalue weighted by Crippen LogP contribution is 2.32. The molecule has 32 heavy (non-hydrogen) atoms. The molecule has 1 saturated heterocycles. The van der Waals surface area contributed by atoms with E-state index in [9.17, 15) is 14.4 Å². The second kappa shape index (κ2) is 10.6. The number of fused-ring (bicyclic) bond motifs is 1. The topological polar surface area (TPSA) is 109 Å². The summed E-state index contributed by atoms with van der Waals surface area (Å²) in [7, 11) is 0. The summed E-state index contributed by atoms with van der Waals surface area (Å²) in [5, 5.41) is 8.78. The largest absolute Gasteiger partial charge is 0.454 e. The number of nitrogens with zero attached hydrogens (tertiary/aromatic N) is 1. The number of benzene rings is 1. The number of carbonyl (C=O) groups excluding carboxylic acids is 3. The number of urea groups is 1. The summed E-state index contributed by atoms with van der Waals surface area (Å²) >= 11 is 0. The molecule has 3 rings (SSSR count). The van der Waals surface area contributed by atoms with Gasteiger partial charge in [-0.1, -0.05) is 13.8 Å². The van der Waals surface area contributed by atoms with Crippen LogP contribution in [0.2, 0.25) is 0 Å². The zero-order valence-corrected chi connectivity index (χ0v) is 19.3. The van der Waals surface area contributed by atoms with Gasteiger partial charge in [0.25, 0.3) is 5.91 Å². The number of carbonyl (C=O) groups is 3. The van der Waals surface area contributed by atoms with Crippen molar-refractivity contribution in [2.45, 2.75) is 52.6 Å². The van der Waals surface area contributed by atoms with Gasteiger partial charge in [-0.15, -0.1) is 0 Å². The van der Waals surface area contributed by atoms with Crippen molar-refractivity contribution < 1.29 is 23.9 Å². The Bertz CT molecular complexity index is 834. The predicted octanol–water partition coefficient (Wildman–Crippen LogP) is 2.12. The highest BCUT2D eigenvalue weighted by atomic mass is 16.7. The normalized spacial score (nSPS) is 16.8. The molecule has 176 valence electrons. The van der Waals surface area contributed by atoms with Crippen LogP contribution in [0.4, 0.5) is 4.79 Å². The van der Waals surface area contributed by atoms with Crippen LogP contribution in [0.5, 0.6) is 11.5 Å². The van der Waals surface area contributed by atoms with E-state index in [-0.39, 0.29) is 36.6 Å². The molecule has 9 heteroatoms. The van der Waals surface area contributed by atoms with Crippen LogP contribution in [0.1, 0.15) is 50.9 Å². The van der Waals surface area contributed by atoms with Crippen molar-refractivity contribution in [3.63, 3.8) is 0 Å². The molecule has 2 heterocycles. The molecule has 1 aromatic rings. The Labute approximate surface area is 189 Å². The summed E-state index contributed by atoms with van der Waals surface area (Å²) in [5.74, 6) is 0.808. The summed E-state index contributed by atoms with van der Waals surface area (Å²) < 4.78 is 10.7. The molecule has 2 aliphatic rings. The average molecular weight is 447 g/mol. The third kappa shape index (κ3) is 6.05. The zero-order chi connectivity index (χ0) is 23.3. The maximum Gasteiger partial charge on any atom is 0.317 e. The van der Waals surface area contributed by atoms with Gasteiger partial charge in [0.15, 0.2) is 11.5 Å². The van der Waals surface area contributed by atoms with E-state index in [1.807, 2.05) is 27.7 Å². The first-order valence-corrected chi connectivity index (χ1v) is 11.3. The van der Waals surface area contributed by atoms with Crippen molar-refractivity contribution in [1.82, 2.24) is 20.9 Å². The molecule has 0 unspecified atom stereocenters. The van der Waals surface area contributed by atoms with Crippen molar-refractivity contribution in [3.05, 3.63) is 23.8 Å². The molecular weight excluding hydrogens is 412 g/mol. The van der Waals surface area contributed by atoms with Gasteiger partial charge in [0.05, 0.1) is 0 Å². The van der Waals surface area contributed by atoms with E-state index >= 15 is 0 Å². The predicted molar refractivity (Wildman–Crippen MR) is 120 cm³/mol. The SMILES string of the molecule is CC(C)CNC(=O)[C@H](NC(=O)c1ccc2c(c1)OCO2)C1CCN(C(=O)NC(C)C)CC1. The fourth-order valence-corrected chi connectivity index (χ4v) is 3.85. The standard InChI is InChI=1S/C23H34N4O5/c1-14(2)12-24-22(29)20(16-7-9-27(10-8-16)23(30)25-15(3)4)26-21(28)17-5-6-18-19(11-17)32-13-31-18/h5-6,11,14-16,20H,7-10,12-13H2,1-4H3,(H,24,29)(H,25,30)(H,26,28)/t20-/m1/s1. The summed E-state index contributed by atoms with van der Waals surface area (Å²) in [5.41, 5.74) is 0.407. The number of piperidine rings is 1. The van der Waals surface area contributed by atoms with Gasteiger partial charge in [0.2, 0.25) is 12.7 Å². The van der Waals surface area contributed by atoms with E-state index in [2.05, 4.69) is 16.0 Å². The van der Waals surface area contributed by atoms with Gasteiger partial charge < -0.3 is 30.3 Å².